The van der Waals surface area contributed by atoms with Gasteiger partial charge in [0.25, 0.3) is 0 Å². The summed E-state index contributed by atoms with van der Waals surface area (Å²) in [6, 6.07) is 0. The molecule has 19 heavy (non-hydrogen) atoms. The van der Waals surface area contributed by atoms with Gasteiger partial charge in [-0.1, -0.05) is 6.92 Å². The minimum Gasteiger partial charge on any atom is -0.301 e. The van der Waals surface area contributed by atoms with Crippen molar-refractivity contribution in [1.29, 1.82) is 0 Å². The Balaban J connectivity index is 1.40. The molecule has 0 atom stereocenters. The van der Waals surface area contributed by atoms with Gasteiger partial charge in [0.2, 0.25) is 0 Å². The number of rotatable bonds is 3. The van der Waals surface area contributed by atoms with Gasteiger partial charge in [0.15, 0.2) is 0 Å². The molecule has 5 fully saturated rings. The summed E-state index contributed by atoms with van der Waals surface area (Å²) in [5, 5.41) is 0. The number of piperazine rings is 1. The smallest absolute Gasteiger partial charge is 0.0110 e. The van der Waals surface area contributed by atoms with Crippen LogP contribution in [-0.2, 0) is 0 Å². The van der Waals surface area contributed by atoms with Crippen molar-refractivity contribution in [3.63, 3.8) is 0 Å². The van der Waals surface area contributed by atoms with E-state index in [4.69, 9.17) is 0 Å². The molecule has 0 unspecified atom stereocenters. The molecule has 1 aliphatic heterocycles. The highest BCUT2D eigenvalue weighted by atomic mass is 15.3. The molecule has 0 aromatic rings. The Morgan fingerprint density at radius 1 is 0.789 bits per heavy atom. The average molecular weight is 262 g/mol. The van der Waals surface area contributed by atoms with Gasteiger partial charge in [-0.05, 0) is 68.2 Å². The van der Waals surface area contributed by atoms with E-state index in [1.54, 1.807) is 38.5 Å². The fourth-order valence-electron chi connectivity index (χ4n) is 6.22. The molecule has 4 aliphatic carbocycles. The standard InChI is InChI=1S/C17H30N2/c1-2-18-3-5-19(6-4-18)13-17-10-14-7-15(11-17)9-16(8-14)12-17/h14-16H,2-13H2,1H3. The molecule has 0 N–H and O–H groups in total. The molecule has 0 aromatic carbocycles. The third-order valence-corrected chi connectivity index (χ3v) is 6.64. The van der Waals surface area contributed by atoms with Gasteiger partial charge in [-0.25, -0.2) is 0 Å². The van der Waals surface area contributed by atoms with Crippen LogP contribution < -0.4 is 0 Å². The molecule has 5 aliphatic rings. The van der Waals surface area contributed by atoms with Crippen molar-refractivity contribution >= 4 is 0 Å². The van der Waals surface area contributed by atoms with Gasteiger partial charge in [0, 0.05) is 32.7 Å². The Morgan fingerprint density at radius 3 is 1.74 bits per heavy atom. The van der Waals surface area contributed by atoms with Crippen LogP contribution in [0.25, 0.3) is 0 Å². The maximum Gasteiger partial charge on any atom is 0.0110 e. The van der Waals surface area contributed by atoms with E-state index in [0.29, 0.717) is 0 Å². The van der Waals surface area contributed by atoms with Gasteiger partial charge >= 0.3 is 0 Å². The lowest BCUT2D eigenvalue weighted by molar-refractivity contribution is -0.0734. The van der Waals surface area contributed by atoms with Crippen molar-refractivity contribution in [1.82, 2.24) is 9.80 Å². The minimum absolute atomic E-state index is 0.753. The van der Waals surface area contributed by atoms with Gasteiger partial charge in [0.1, 0.15) is 0 Å². The molecular weight excluding hydrogens is 232 g/mol. The molecule has 2 heteroatoms. The lowest BCUT2D eigenvalue weighted by Crippen LogP contribution is -2.54. The summed E-state index contributed by atoms with van der Waals surface area (Å²) in [5.41, 5.74) is 0.753. The molecule has 1 heterocycles. The molecule has 0 aromatic heterocycles. The molecular formula is C17H30N2. The molecule has 0 radical (unpaired) electrons. The van der Waals surface area contributed by atoms with Crippen LogP contribution in [0.4, 0.5) is 0 Å². The highest BCUT2D eigenvalue weighted by molar-refractivity contribution is 5.02. The van der Waals surface area contributed by atoms with Crippen molar-refractivity contribution < 1.29 is 0 Å². The Morgan fingerprint density at radius 2 is 1.26 bits per heavy atom. The SMILES string of the molecule is CCN1CCN(CC23CC4CC(CC(C4)C2)C3)CC1. The van der Waals surface area contributed by atoms with E-state index in [1.807, 2.05) is 0 Å². The topological polar surface area (TPSA) is 6.48 Å². The Hall–Kier alpha value is -0.0800. The summed E-state index contributed by atoms with van der Waals surface area (Å²) in [5.74, 6) is 3.34. The zero-order chi connectivity index (χ0) is 12.9. The highest BCUT2D eigenvalue weighted by Gasteiger charge is 2.51. The first-order valence-corrected chi connectivity index (χ1v) is 8.69. The van der Waals surface area contributed by atoms with Crippen LogP contribution in [0.15, 0.2) is 0 Å². The molecule has 5 rings (SSSR count). The van der Waals surface area contributed by atoms with Gasteiger partial charge in [-0.15, -0.1) is 0 Å². The van der Waals surface area contributed by atoms with E-state index in [0.717, 1.165) is 23.2 Å². The molecule has 1 saturated heterocycles. The van der Waals surface area contributed by atoms with Crippen molar-refractivity contribution in [2.45, 2.75) is 45.4 Å². The van der Waals surface area contributed by atoms with Crippen LogP contribution in [0, 0.1) is 23.2 Å². The summed E-state index contributed by atoms with van der Waals surface area (Å²) >= 11 is 0. The fourth-order valence-corrected chi connectivity index (χ4v) is 6.22. The predicted molar refractivity (Wildman–Crippen MR) is 79.2 cm³/mol. The Kier molecular flexibility index (Phi) is 3.15. The molecule has 2 nitrogen and oxygen atoms in total. The van der Waals surface area contributed by atoms with Crippen LogP contribution in [0.2, 0.25) is 0 Å². The predicted octanol–water partition coefficient (Wildman–Crippen LogP) is 2.84. The van der Waals surface area contributed by atoms with E-state index < -0.39 is 0 Å². The molecule has 4 saturated carbocycles. The third-order valence-electron chi connectivity index (χ3n) is 6.64. The highest BCUT2D eigenvalue weighted by Crippen LogP contribution is 2.60. The monoisotopic (exact) mass is 262 g/mol. The van der Waals surface area contributed by atoms with Gasteiger partial charge in [-0.3, -0.25) is 0 Å². The Labute approximate surface area is 118 Å². The lowest BCUT2D eigenvalue weighted by Gasteiger charge is -2.58. The van der Waals surface area contributed by atoms with Gasteiger partial charge in [-0.2, -0.15) is 0 Å². The first kappa shape index (κ1) is 12.6. The zero-order valence-corrected chi connectivity index (χ0v) is 12.6. The summed E-state index contributed by atoms with van der Waals surface area (Å²) in [7, 11) is 0. The maximum atomic E-state index is 2.80. The second-order valence-corrected chi connectivity index (χ2v) is 8.13. The van der Waals surface area contributed by atoms with Crippen molar-refractivity contribution in [3.8, 4) is 0 Å². The van der Waals surface area contributed by atoms with E-state index in [2.05, 4.69) is 16.7 Å². The van der Waals surface area contributed by atoms with E-state index in [1.165, 1.54) is 39.3 Å². The van der Waals surface area contributed by atoms with E-state index in [9.17, 15) is 0 Å². The fraction of sp³-hybridized carbons (Fsp3) is 1.00. The van der Waals surface area contributed by atoms with Gasteiger partial charge in [0.05, 0.1) is 0 Å². The largest absolute Gasteiger partial charge is 0.301 e. The maximum absolute atomic E-state index is 2.80. The van der Waals surface area contributed by atoms with Gasteiger partial charge < -0.3 is 9.80 Å². The summed E-state index contributed by atoms with van der Waals surface area (Å²) in [6.07, 6.45) is 9.49. The molecule has 0 amide bonds. The zero-order valence-electron chi connectivity index (χ0n) is 12.6. The average Bonchev–Trinajstić information content (AvgIpc) is 2.37. The van der Waals surface area contributed by atoms with Crippen LogP contribution in [-0.4, -0.2) is 49.1 Å². The number of hydrogen-bond donors (Lipinski definition) is 0. The first-order chi connectivity index (χ1) is 9.25. The summed E-state index contributed by atoms with van der Waals surface area (Å²) < 4.78 is 0. The lowest BCUT2D eigenvalue weighted by atomic mass is 9.49. The van der Waals surface area contributed by atoms with Crippen LogP contribution in [0.1, 0.15) is 45.4 Å². The minimum atomic E-state index is 0.753. The normalized spacial score (nSPS) is 46.9. The molecule has 0 spiro atoms. The van der Waals surface area contributed by atoms with Crippen LogP contribution >= 0.6 is 0 Å². The first-order valence-electron chi connectivity index (χ1n) is 8.69. The van der Waals surface area contributed by atoms with Crippen molar-refractivity contribution in [2.24, 2.45) is 23.2 Å². The third kappa shape index (κ3) is 2.35. The molecule has 4 bridgehead atoms. The number of likely N-dealkylation sites (N-methyl/N-ethyl adjacent to an activating group) is 1. The van der Waals surface area contributed by atoms with Crippen molar-refractivity contribution in [3.05, 3.63) is 0 Å². The Bertz CT molecular complexity index is 295. The second kappa shape index (κ2) is 4.73. The number of nitrogens with zero attached hydrogens (tertiary/aromatic N) is 2. The van der Waals surface area contributed by atoms with Crippen LogP contribution in [0.3, 0.4) is 0 Å². The summed E-state index contributed by atoms with van der Waals surface area (Å²) in [6.45, 7) is 10.3. The van der Waals surface area contributed by atoms with E-state index in [-0.39, 0.29) is 0 Å². The second-order valence-electron chi connectivity index (χ2n) is 8.13. The molecule has 108 valence electrons. The number of hydrogen-bond acceptors (Lipinski definition) is 2. The summed E-state index contributed by atoms with van der Waals surface area (Å²) in [4.78, 5) is 5.41. The quantitative estimate of drug-likeness (QED) is 0.772. The van der Waals surface area contributed by atoms with E-state index >= 15 is 0 Å². The van der Waals surface area contributed by atoms with Crippen molar-refractivity contribution in [2.75, 3.05) is 39.3 Å². The van der Waals surface area contributed by atoms with Crippen LogP contribution in [0.5, 0.6) is 0 Å².